The minimum atomic E-state index is 0.0621. The highest BCUT2D eigenvalue weighted by Crippen LogP contribution is 2.16. The number of aliphatic hydroxyl groups is 1. The fraction of sp³-hybridized carbons (Fsp3) is 0.600. The van der Waals surface area contributed by atoms with Gasteiger partial charge in [-0.05, 0) is 26.7 Å². The van der Waals surface area contributed by atoms with Gasteiger partial charge in [0.25, 0.3) is 0 Å². The smallest absolute Gasteiger partial charge is 0.0614 e. The summed E-state index contributed by atoms with van der Waals surface area (Å²) >= 11 is 5.97. The molecule has 70 valence electrons. The van der Waals surface area contributed by atoms with Crippen molar-refractivity contribution in [2.45, 2.75) is 32.1 Å². The van der Waals surface area contributed by atoms with Gasteiger partial charge >= 0.3 is 0 Å². The zero-order valence-electron chi connectivity index (χ0n) is 7.81. The number of rotatable bonds is 5. The van der Waals surface area contributed by atoms with Crippen molar-refractivity contribution in [1.82, 2.24) is 0 Å². The Hall–Kier alpha value is -0.270. The van der Waals surface area contributed by atoms with Gasteiger partial charge in [0.1, 0.15) is 0 Å². The van der Waals surface area contributed by atoms with Crippen molar-refractivity contribution in [2.75, 3.05) is 6.61 Å². The van der Waals surface area contributed by atoms with Gasteiger partial charge in [-0.2, -0.15) is 0 Å². The van der Waals surface area contributed by atoms with Gasteiger partial charge < -0.3 is 5.11 Å². The van der Waals surface area contributed by atoms with Gasteiger partial charge in [-0.3, -0.25) is 0 Å². The van der Waals surface area contributed by atoms with Crippen molar-refractivity contribution in [3.63, 3.8) is 0 Å². The Kier molecular flexibility index (Phi) is 6.13. The predicted molar refractivity (Wildman–Crippen MR) is 54.5 cm³/mol. The second-order valence-corrected chi connectivity index (χ2v) is 3.61. The summed E-state index contributed by atoms with van der Waals surface area (Å²) in [6.07, 6.45) is 3.64. The molecule has 0 amide bonds. The normalized spacial score (nSPS) is 14.5. The lowest BCUT2D eigenvalue weighted by Crippen LogP contribution is -1.99. The second kappa shape index (κ2) is 6.27. The molecule has 0 radical (unpaired) electrons. The summed E-state index contributed by atoms with van der Waals surface area (Å²) in [5.74, 6) is 0. The van der Waals surface area contributed by atoms with Crippen molar-refractivity contribution in [2.24, 2.45) is 0 Å². The molecule has 0 rings (SSSR count). The van der Waals surface area contributed by atoms with Crippen molar-refractivity contribution < 1.29 is 5.11 Å². The van der Waals surface area contributed by atoms with E-state index in [1.54, 1.807) is 0 Å². The quantitative estimate of drug-likeness (QED) is 0.520. The molecule has 0 aromatic carbocycles. The summed E-state index contributed by atoms with van der Waals surface area (Å²) in [7, 11) is 0. The van der Waals surface area contributed by atoms with E-state index in [-0.39, 0.29) is 12.0 Å². The van der Waals surface area contributed by atoms with Gasteiger partial charge in [0.15, 0.2) is 0 Å². The van der Waals surface area contributed by atoms with E-state index in [2.05, 4.69) is 6.58 Å². The first-order chi connectivity index (χ1) is 5.57. The molecule has 0 bridgehead atoms. The van der Waals surface area contributed by atoms with Crippen LogP contribution in [0, 0.1) is 0 Å². The lowest BCUT2D eigenvalue weighted by Gasteiger charge is -2.08. The van der Waals surface area contributed by atoms with Crippen LogP contribution in [0.4, 0.5) is 0 Å². The van der Waals surface area contributed by atoms with Crippen LogP contribution < -0.4 is 0 Å². The lowest BCUT2D eigenvalue weighted by atomic mass is 10.1. The van der Waals surface area contributed by atoms with Crippen LogP contribution >= 0.6 is 11.6 Å². The number of alkyl halides is 1. The monoisotopic (exact) mass is 188 g/mol. The zero-order chi connectivity index (χ0) is 9.56. The average molecular weight is 189 g/mol. The molecule has 1 atom stereocenters. The molecule has 0 aliphatic heterocycles. The molecule has 1 N–H and O–H groups in total. The first-order valence-corrected chi connectivity index (χ1v) is 4.57. The van der Waals surface area contributed by atoms with E-state index < -0.39 is 0 Å². The molecule has 0 saturated carbocycles. The molecule has 0 aromatic rings. The van der Waals surface area contributed by atoms with E-state index in [1.807, 2.05) is 19.9 Å². The zero-order valence-corrected chi connectivity index (χ0v) is 8.56. The predicted octanol–water partition coefficient (Wildman–Crippen LogP) is 2.89. The molecular weight excluding hydrogens is 172 g/mol. The Bertz CT molecular complexity index is 173. The number of hydrogen-bond acceptors (Lipinski definition) is 1. The van der Waals surface area contributed by atoms with Crippen molar-refractivity contribution in [3.8, 4) is 0 Å². The van der Waals surface area contributed by atoms with Crippen molar-refractivity contribution in [3.05, 3.63) is 23.8 Å². The standard InChI is InChI=1S/C10H17ClO/c1-8(2)10(11)5-4-9(3)6-7-12/h6,10,12H,1,4-5,7H2,2-3H3. The van der Waals surface area contributed by atoms with Crippen LogP contribution in [0.25, 0.3) is 0 Å². The summed E-state index contributed by atoms with van der Waals surface area (Å²) in [6, 6.07) is 0. The SMILES string of the molecule is C=C(C)C(Cl)CCC(C)=CCO. The number of halogens is 1. The van der Waals surface area contributed by atoms with Gasteiger partial charge in [-0.25, -0.2) is 0 Å². The minimum absolute atomic E-state index is 0.0621. The molecule has 0 aliphatic rings. The van der Waals surface area contributed by atoms with E-state index in [9.17, 15) is 0 Å². The molecule has 0 heterocycles. The van der Waals surface area contributed by atoms with Gasteiger partial charge in [-0.1, -0.05) is 23.8 Å². The maximum absolute atomic E-state index is 8.58. The molecule has 12 heavy (non-hydrogen) atoms. The summed E-state index contributed by atoms with van der Waals surface area (Å²) in [4.78, 5) is 0. The van der Waals surface area contributed by atoms with Crippen LogP contribution in [0.2, 0.25) is 0 Å². The number of hydrogen-bond donors (Lipinski definition) is 1. The third kappa shape index (κ3) is 5.39. The van der Waals surface area contributed by atoms with Crippen molar-refractivity contribution >= 4 is 11.6 Å². The lowest BCUT2D eigenvalue weighted by molar-refractivity contribution is 0.341. The summed E-state index contributed by atoms with van der Waals surface area (Å²) in [6.45, 7) is 7.83. The molecule has 0 aliphatic carbocycles. The van der Waals surface area contributed by atoms with E-state index >= 15 is 0 Å². The van der Waals surface area contributed by atoms with E-state index in [4.69, 9.17) is 16.7 Å². The average Bonchev–Trinajstić information content (AvgIpc) is 2.00. The highest BCUT2D eigenvalue weighted by atomic mass is 35.5. The third-order valence-electron chi connectivity index (χ3n) is 1.77. The molecule has 2 heteroatoms. The van der Waals surface area contributed by atoms with Crippen LogP contribution in [0.1, 0.15) is 26.7 Å². The van der Waals surface area contributed by atoms with Crippen LogP contribution in [0.5, 0.6) is 0 Å². The Morgan fingerprint density at radius 1 is 1.58 bits per heavy atom. The highest BCUT2D eigenvalue weighted by Gasteiger charge is 2.04. The third-order valence-corrected chi connectivity index (χ3v) is 2.36. The highest BCUT2D eigenvalue weighted by molar-refractivity contribution is 6.22. The van der Waals surface area contributed by atoms with Crippen LogP contribution in [0.3, 0.4) is 0 Å². The molecule has 0 fully saturated rings. The maximum Gasteiger partial charge on any atom is 0.0614 e. The molecular formula is C10H17ClO. The maximum atomic E-state index is 8.58. The van der Waals surface area contributed by atoms with Gasteiger partial charge in [0.05, 0.1) is 12.0 Å². The molecule has 1 nitrogen and oxygen atoms in total. The largest absolute Gasteiger partial charge is 0.392 e. The fourth-order valence-electron chi connectivity index (χ4n) is 0.859. The fourth-order valence-corrected chi connectivity index (χ4v) is 0.968. The van der Waals surface area contributed by atoms with Crippen molar-refractivity contribution in [1.29, 1.82) is 0 Å². The summed E-state index contributed by atoms with van der Waals surface area (Å²) in [5, 5.41) is 8.65. The second-order valence-electron chi connectivity index (χ2n) is 3.09. The summed E-state index contributed by atoms with van der Waals surface area (Å²) < 4.78 is 0. The Morgan fingerprint density at radius 3 is 2.58 bits per heavy atom. The van der Waals surface area contributed by atoms with Crippen LogP contribution in [0.15, 0.2) is 23.8 Å². The van der Waals surface area contributed by atoms with Crippen LogP contribution in [-0.2, 0) is 0 Å². The topological polar surface area (TPSA) is 20.2 Å². The van der Waals surface area contributed by atoms with E-state index in [1.165, 1.54) is 5.57 Å². The summed E-state index contributed by atoms with van der Waals surface area (Å²) in [5.41, 5.74) is 2.19. The Balaban J connectivity index is 3.68. The van der Waals surface area contributed by atoms with Gasteiger partial charge in [-0.15, -0.1) is 11.6 Å². The van der Waals surface area contributed by atoms with Crippen LogP contribution in [-0.4, -0.2) is 17.1 Å². The number of allylic oxidation sites excluding steroid dienone is 2. The first-order valence-electron chi connectivity index (χ1n) is 4.14. The Labute approximate surface area is 79.7 Å². The van der Waals surface area contributed by atoms with Gasteiger partial charge in [0, 0.05) is 0 Å². The minimum Gasteiger partial charge on any atom is -0.392 e. The van der Waals surface area contributed by atoms with Gasteiger partial charge in [0.2, 0.25) is 0 Å². The molecule has 1 unspecified atom stereocenters. The molecule has 0 aromatic heterocycles. The van der Waals surface area contributed by atoms with E-state index in [0.29, 0.717) is 0 Å². The number of aliphatic hydroxyl groups excluding tert-OH is 1. The molecule has 0 saturated heterocycles. The Morgan fingerprint density at radius 2 is 2.17 bits per heavy atom. The van der Waals surface area contributed by atoms with E-state index in [0.717, 1.165) is 18.4 Å². The molecule has 0 spiro atoms. The first kappa shape index (κ1) is 11.7.